The molecule has 1 saturated carbocycles. The number of thiophene rings is 1. The fraction of sp³-hybridized carbons (Fsp3) is 0.688. The van der Waals surface area contributed by atoms with Crippen LogP contribution in [0.3, 0.4) is 0 Å². The zero-order chi connectivity index (χ0) is 15.6. The van der Waals surface area contributed by atoms with Crippen molar-refractivity contribution in [2.45, 2.75) is 38.2 Å². The van der Waals surface area contributed by atoms with Crippen molar-refractivity contribution in [1.29, 1.82) is 0 Å². The molecule has 1 saturated heterocycles. The van der Waals surface area contributed by atoms with E-state index in [4.69, 9.17) is 4.74 Å². The number of hydrogen-bond donors (Lipinski definition) is 2. The van der Waals surface area contributed by atoms with Gasteiger partial charge in [0.1, 0.15) is 0 Å². The summed E-state index contributed by atoms with van der Waals surface area (Å²) in [6.07, 6.45) is 1.38. The first-order valence-corrected chi connectivity index (χ1v) is 9.88. The molecule has 2 N–H and O–H groups in total. The molecule has 3 rings (SSSR count). The minimum Gasteiger partial charge on any atom is -0.377 e. The summed E-state index contributed by atoms with van der Waals surface area (Å²) in [5, 5.41) is 8.22. The van der Waals surface area contributed by atoms with Gasteiger partial charge in [0.2, 0.25) is 0 Å². The lowest BCUT2D eigenvalue weighted by atomic mass is 9.57. The molecule has 1 aliphatic carbocycles. The third kappa shape index (κ3) is 3.29. The summed E-state index contributed by atoms with van der Waals surface area (Å²) < 4.78 is 5.75. The summed E-state index contributed by atoms with van der Waals surface area (Å²) in [4.78, 5) is 13.4. The molecule has 2 amide bonds. The Balaban J connectivity index is 1.33. The molecular formula is C16H24N2O2S2. The standard InChI is InChI=1S/C16H24N2O2S2/c1-16(2)13(12-5-7-20-14(12)16)18-15(19)17-6-9-21-10-11-4-3-8-22-11/h3-4,8,12-14H,5-7,9-10H2,1-2H3,(H2,17,18,19)/t12-,13+,14-/m0/s1. The van der Waals surface area contributed by atoms with Crippen molar-refractivity contribution in [3.8, 4) is 0 Å². The Hall–Kier alpha value is -0.720. The van der Waals surface area contributed by atoms with Gasteiger partial charge < -0.3 is 15.4 Å². The first-order valence-electron chi connectivity index (χ1n) is 7.85. The Labute approximate surface area is 140 Å². The van der Waals surface area contributed by atoms with Crippen LogP contribution in [-0.4, -0.2) is 37.1 Å². The highest BCUT2D eigenvalue weighted by atomic mass is 32.2. The summed E-state index contributed by atoms with van der Waals surface area (Å²) in [6, 6.07) is 4.42. The average molecular weight is 341 g/mol. The van der Waals surface area contributed by atoms with Crippen LogP contribution in [0.4, 0.5) is 4.79 Å². The molecule has 0 spiro atoms. The molecule has 0 unspecified atom stereocenters. The van der Waals surface area contributed by atoms with Crippen molar-refractivity contribution >= 4 is 29.1 Å². The summed E-state index contributed by atoms with van der Waals surface area (Å²) in [6.45, 7) is 5.90. The predicted octanol–water partition coefficient (Wildman–Crippen LogP) is 3.09. The van der Waals surface area contributed by atoms with Gasteiger partial charge in [-0.3, -0.25) is 0 Å². The highest BCUT2D eigenvalue weighted by molar-refractivity contribution is 7.98. The van der Waals surface area contributed by atoms with E-state index in [1.165, 1.54) is 4.88 Å². The van der Waals surface area contributed by atoms with Crippen molar-refractivity contribution in [3.63, 3.8) is 0 Å². The molecular weight excluding hydrogens is 316 g/mol. The molecule has 1 aromatic rings. The Bertz CT molecular complexity index is 504. The maximum Gasteiger partial charge on any atom is 0.315 e. The molecule has 0 radical (unpaired) electrons. The first-order chi connectivity index (χ1) is 10.6. The van der Waals surface area contributed by atoms with Crippen LogP contribution in [0.15, 0.2) is 17.5 Å². The number of hydrogen-bond acceptors (Lipinski definition) is 4. The van der Waals surface area contributed by atoms with Gasteiger partial charge in [-0.2, -0.15) is 11.8 Å². The van der Waals surface area contributed by atoms with Gasteiger partial charge in [-0.25, -0.2) is 4.79 Å². The van der Waals surface area contributed by atoms with Crippen molar-refractivity contribution in [1.82, 2.24) is 10.6 Å². The number of rotatable bonds is 6. The minimum atomic E-state index is -0.0415. The highest BCUT2D eigenvalue weighted by Gasteiger charge is 2.59. The van der Waals surface area contributed by atoms with E-state index in [1.54, 1.807) is 11.3 Å². The van der Waals surface area contributed by atoms with E-state index in [0.29, 0.717) is 18.6 Å². The van der Waals surface area contributed by atoms with Crippen LogP contribution in [0.5, 0.6) is 0 Å². The second-order valence-corrected chi connectivity index (χ2v) is 8.71. The molecule has 2 fully saturated rings. The number of ether oxygens (including phenoxy) is 1. The van der Waals surface area contributed by atoms with Gasteiger partial charge in [0, 0.05) is 46.9 Å². The van der Waals surface area contributed by atoms with Crippen LogP contribution in [0.1, 0.15) is 25.1 Å². The van der Waals surface area contributed by atoms with Gasteiger partial charge in [0.05, 0.1) is 6.10 Å². The van der Waals surface area contributed by atoms with E-state index in [-0.39, 0.29) is 17.5 Å². The van der Waals surface area contributed by atoms with Gasteiger partial charge in [0.15, 0.2) is 0 Å². The van der Waals surface area contributed by atoms with Crippen LogP contribution in [0.25, 0.3) is 0 Å². The Morgan fingerprint density at radius 3 is 3.18 bits per heavy atom. The number of carbonyl (C=O) groups excluding carboxylic acids is 1. The molecule has 22 heavy (non-hydrogen) atoms. The number of nitrogens with one attached hydrogen (secondary N) is 2. The fourth-order valence-electron chi connectivity index (χ4n) is 3.61. The maximum absolute atomic E-state index is 12.0. The minimum absolute atomic E-state index is 0.0415. The fourth-order valence-corrected chi connectivity index (χ4v) is 5.31. The third-order valence-electron chi connectivity index (χ3n) is 4.74. The Morgan fingerprint density at radius 2 is 2.41 bits per heavy atom. The van der Waals surface area contributed by atoms with Gasteiger partial charge >= 0.3 is 6.03 Å². The van der Waals surface area contributed by atoms with Crippen LogP contribution < -0.4 is 10.6 Å². The molecule has 3 atom stereocenters. The van der Waals surface area contributed by atoms with E-state index >= 15 is 0 Å². The lowest BCUT2D eigenvalue weighted by Gasteiger charge is -2.54. The number of urea groups is 1. The van der Waals surface area contributed by atoms with E-state index in [9.17, 15) is 4.79 Å². The van der Waals surface area contributed by atoms with Gasteiger partial charge in [-0.05, 0) is 17.9 Å². The topological polar surface area (TPSA) is 50.4 Å². The highest BCUT2D eigenvalue weighted by Crippen LogP contribution is 2.51. The molecule has 4 nitrogen and oxygen atoms in total. The normalized spacial score (nSPS) is 28.7. The van der Waals surface area contributed by atoms with Crippen molar-refractivity contribution < 1.29 is 9.53 Å². The average Bonchev–Trinajstić information content (AvgIpc) is 3.14. The molecule has 6 heteroatoms. The monoisotopic (exact) mass is 340 g/mol. The largest absolute Gasteiger partial charge is 0.377 e. The van der Waals surface area contributed by atoms with E-state index in [0.717, 1.165) is 24.5 Å². The molecule has 1 aliphatic heterocycles. The van der Waals surface area contributed by atoms with E-state index < -0.39 is 0 Å². The lowest BCUT2D eigenvalue weighted by molar-refractivity contribution is -0.108. The maximum atomic E-state index is 12.0. The SMILES string of the molecule is CC1(C)[C@H](NC(=O)NCCSCc2cccs2)[C@@H]2CCO[C@@H]21. The smallest absolute Gasteiger partial charge is 0.315 e. The molecule has 0 aromatic carbocycles. The number of amides is 2. The Kier molecular flexibility index (Phi) is 5.00. The lowest BCUT2D eigenvalue weighted by Crippen LogP contribution is -2.67. The number of carbonyl (C=O) groups is 1. The third-order valence-corrected chi connectivity index (χ3v) is 6.81. The van der Waals surface area contributed by atoms with Crippen LogP contribution in [0, 0.1) is 11.3 Å². The van der Waals surface area contributed by atoms with Crippen LogP contribution >= 0.6 is 23.1 Å². The zero-order valence-corrected chi connectivity index (χ0v) is 14.8. The molecule has 1 aromatic heterocycles. The van der Waals surface area contributed by atoms with Crippen molar-refractivity contribution in [2.75, 3.05) is 18.9 Å². The van der Waals surface area contributed by atoms with Crippen LogP contribution in [0.2, 0.25) is 0 Å². The zero-order valence-electron chi connectivity index (χ0n) is 13.1. The predicted molar refractivity (Wildman–Crippen MR) is 92.4 cm³/mol. The summed E-state index contributed by atoms with van der Waals surface area (Å²) >= 11 is 3.64. The van der Waals surface area contributed by atoms with Crippen LogP contribution in [-0.2, 0) is 10.5 Å². The van der Waals surface area contributed by atoms with Crippen molar-refractivity contribution in [3.05, 3.63) is 22.4 Å². The summed E-state index contributed by atoms with van der Waals surface area (Å²) in [5.41, 5.74) is 0.0480. The number of fused-ring (bicyclic) bond motifs is 1. The number of thioether (sulfide) groups is 1. The second kappa shape index (κ2) is 6.81. The summed E-state index contributed by atoms with van der Waals surface area (Å²) in [5.74, 6) is 2.46. The summed E-state index contributed by atoms with van der Waals surface area (Å²) in [7, 11) is 0. The van der Waals surface area contributed by atoms with Gasteiger partial charge in [0.25, 0.3) is 0 Å². The quantitative estimate of drug-likeness (QED) is 0.783. The van der Waals surface area contributed by atoms with E-state index in [1.807, 2.05) is 11.8 Å². The molecule has 0 bridgehead atoms. The van der Waals surface area contributed by atoms with Gasteiger partial charge in [-0.1, -0.05) is 19.9 Å². The second-order valence-electron chi connectivity index (χ2n) is 6.58. The molecule has 2 aliphatic rings. The van der Waals surface area contributed by atoms with Gasteiger partial charge in [-0.15, -0.1) is 11.3 Å². The first kappa shape index (κ1) is 16.1. The van der Waals surface area contributed by atoms with Crippen molar-refractivity contribution in [2.24, 2.45) is 11.3 Å². The van der Waals surface area contributed by atoms with E-state index in [2.05, 4.69) is 42.0 Å². The molecule has 122 valence electrons. The molecule has 2 heterocycles. The Morgan fingerprint density at radius 1 is 1.55 bits per heavy atom.